The van der Waals surface area contributed by atoms with Crippen LogP contribution in [0, 0.1) is 5.82 Å². The average Bonchev–Trinajstić information content (AvgIpc) is 2.99. The third-order valence-electron chi connectivity index (χ3n) is 5.91. The van der Waals surface area contributed by atoms with Gasteiger partial charge < -0.3 is 5.32 Å². The Hall–Kier alpha value is -2.27. The fourth-order valence-corrected chi connectivity index (χ4v) is 4.78. The lowest BCUT2D eigenvalue weighted by molar-refractivity contribution is 0.0701. The molecule has 0 amide bonds. The minimum Gasteiger partial charge on any atom is -0.370 e. The van der Waals surface area contributed by atoms with Gasteiger partial charge in [0.05, 0.1) is 6.04 Å². The molecule has 0 saturated carbocycles. The second kappa shape index (κ2) is 7.52. The number of aromatic nitrogens is 1. The lowest BCUT2D eigenvalue weighted by Gasteiger charge is -2.44. The molecule has 3 nitrogen and oxygen atoms in total. The molecule has 0 spiro atoms. The number of nitrogens with one attached hydrogen (secondary N) is 1. The molecular formula is C24H29F2N3. The zero-order chi connectivity index (χ0) is 20.8. The van der Waals surface area contributed by atoms with E-state index in [-0.39, 0.29) is 17.9 Å². The zero-order valence-corrected chi connectivity index (χ0v) is 17.6. The Kier molecular flexibility index (Phi) is 5.19. The quantitative estimate of drug-likeness (QED) is 0.717. The average molecular weight is 398 g/mol. The predicted molar refractivity (Wildman–Crippen MR) is 114 cm³/mol. The van der Waals surface area contributed by atoms with Gasteiger partial charge in [0.1, 0.15) is 17.3 Å². The largest absolute Gasteiger partial charge is 0.370 e. The standard InChI is InChI=1S/C24H29F2N3/c1-5-27-22-9-6-16(13-28-22)23-21-12-17-11-18(25)7-8-19(17)20(21)10-15(2)29(23)14-24(3,4)26/h6-9,11,13,15,23H,5,10,12,14H2,1-4H3,(H,27,28). The number of halogens is 2. The van der Waals surface area contributed by atoms with Crippen LogP contribution in [0.3, 0.4) is 0 Å². The van der Waals surface area contributed by atoms with Gasteiger partial charge in [0.2, 0.25) is 0 Å². The number of rotatable bonds is 5. The molecule has 5 heteroatoms. The topological polar surface area (TPSA) is 28.2 Å². The molecule has 0 fully saturated rings. The summed E-state index contributed by atoms with van der Waals surface area (Å²) >= 11 is 0. The second-order valence-electron chi connectivity index (χ2n) is 8.84. The van der Waals surface area contributed by atoms with Crippen molar-refractivity contribution in [1.29, 1.82) is 0 Å². The number of nitrogens with zero attached hydrogens (tertiary/aromatic N) is 2. The van der Waals surface area contributed by atoms with E-state index in [0.717, 1.165) is 35.5 Å². The molecule has 2 heterocycles. The van der Waals surface area contributed by atoms with Gasteiger partial charge in [0.15, 0.2) is 0 Å². The number of hydrogen-bond acceptors (Lipinski definition) is 3. The van der Waals surface area contributed by atoms with Crippen molar-refractivity contribution < 1.29 is 8.78 Å². The van der Waals surface area contributed by atoms with Gasteiger partial charge in [-0.1, -0.05) is 12.1 Å². The van der Waals surface area contributed by atoms with Crippen LogP contribution in [0.25, 0.3) is 5.57 Å². The van der Waals surface area contributed by atoms with Gasteiger partial charge in [-0.25, -0.2) is 13.8 Å². The molecule has 2 aliphatic rings. The molecule has 0 bridgehead atoms. The highest BCUT2D eigenvalue weighted by molar-refractivity contribution is 5.79. The molecule has 0 saturated heterocycles. The van der Waals surface area contributed by atoms with E-state index in [1.165, 1.54) is 17.2 Å². The van der Waals surface area contributed by atoms with Crippen LogP contribution in [0.15, 0.2) is 42.1 Å². The number of hydrogen-bond donors (Lipinski definition) is 1. The Balaban J connectivity index is 1.78. The molecule has 0 radical (unpaired) electrons. The lowest BCUT2D eigenvalue weighted by atomic mass is 9.85. The summed E-state index contributed by atoms with van der Waals surface area (Å²) in [6.45, 7) is 8.61. The third kappa shape index (κ3) is 3.93. The lowest BCUT2D eigenvalue weighted by Crippen LogP contribution is -2.46. The summed E-state index contributed by atoms with van der Waals surface area (Å²) in [6, 6.07) is 9.28. The van der Waals surface area contributed by atoms with E-state index in [1.807, 2.05) is 25.3 Å². The van der Waals surface area contributed by atoms with Crippen LogP contribution in [0.4, 0.5) is 14.6 Å². The van der Waals surface area contributed by atoms with Crippen molar-refractivity contribution in [2.24, 2.45) is 0 Å². The van der Waals surface area contributed by atoms with E-state index >= 15 is 0 Å². The molecule has 154 valence electrons. The second-order valence-corrected chi connectivity index (χ2v) is 8.84. The Bertz CT molecular complexity index is 928. The SMILES string of the molecule is CCNc1ccc(C2C3=C(CC(C)N2CC(C)(C)F)c2ccc(F)cc2C3)cn1. The summed E-state index contributed by atoms with van der Waals surface area (Å²) in [6.07, 6.45) is 3.45. The van der Waals surface area contributed by atoms with Gasteiger partial charge in [-0.3, -0.25) is 4.90 Å². The Morgan fingerprint density at radius 1 is 1.24 bits per heavy atom. The maximum atomic E-state index is 14.7. The predicted octanol–water partition coefficient (Wildman–Crippen LogP) is 5.55. The highest BCUT2D eigenvalue weighted by Crippen LogP contribution is 2.49. The monoisotopic (exact) mass is 397 g/mol. The molecule has 2 atom stereocenters. The van der Waals surface area contributed by atoms with E-state index in [1.54, 1.807) is 19.9 Å². The van der Waals surface area contributed by atoms with Crippen molar-refractivity contribution >= 4 is 11.4 Å². The summed E-state index contributed by atoms with van der Waals surface area (Å²) in [4.78, 5) is 6.82. The maximum Gasteiger partial charge on any atom is 0.125 e. The molecule has 1 aromatic carbocycles. The van der Waals surface area contributed by atoms with Crippen LogP contribution in [0.2, 0.25) is 0 Å². The first-order valence-electron chi connectivity index (χ1n) is 10.4. The van der Waals surface area contributed by atoms with Gasteiger partial charge in [0.25, 0.3) is 0 Å². The summed E-state index contributed by atoms with van der Waals surface area (Å²) in [5.74, 6) is 0.634. The van der Waals surface area contributed by atoms with Crippen LogP contribution < -0.4 is 5.32 Å². The van der Waals surface area contributed by atoms with E-state index in [9.17, 15) is 8.78 Å². The first-order chi connectivity index (χ1) is 13.8. The van der Waals surface area contributed by atoms with Crippen molar-refractivity contribution in [1.82, 2.24) is 9.88 Å². The summed E-state index contributed by atoms with van der Waals surface area (Å²) in [5.41, 5.74) is 4.48. The Labute approximate surface area is 171 Å². The summed E-state index contributed by atoms with van der Waals surface area (Å²) < 4.78 is 28.6. The van der Waals surface area contributed by atoms with Gasteiger partial charge in [0, 0.05) is 25.3 Å². The fraction of sp³-hybridized carbons (Fsp3) is 0.458. The van der Waals surface area contributed by atoms with Crippen molar-refractivity contribution in [2.75, 3.05) is 18.4 Å². The number of alkyl halides is 1. The molecule has 1 aromatic heterocycles. The van der Waals surface area contributed by atoms with E-state index < -0.39 is 5.67 Å². The number of anilines is 1. The molecule has 2 unspecified atom stereocenters. The van der Waals surface area contributed by atoms with E-state index in [2.05, 4.69) is 28.2 Å². The first-order valence-corrected chi connectivity index (χ1v) is 10.4. The molecule has 2 aromatic rings. The van der Waals surface area contributed by atoms with Crippen molar-refractivity contribution in [3.63, 3.8) is 0 Å². The molecule has 1 aliphatic carbocycles. The highest BCUT2D eigenvalue weighted by atomic mass is 19.1. The van der Waals surface area contributed by atoms with Gasteiger partial charge >= 0.3 is 0 Å². The van der Waals surface area contributed by atoms with Crippen LogP contribution in [0.1, 0.15) is 56.8 Å². The molecule has 29 heavy (non-hydrogen) atoms. The molecular weight excluding hydrogens is 368 g/mol. The van der Waals surface area contributed by atoms with E-state index in [0.29, 0.717) is 13.0 Å². The van der Waals surface area contributed by atoms with Crippen molar-refractivity contribution in [2.45, 2.75) is 58.3 Å². The molecule has 1 N–H and O–H groups in total. The minimum absolute atomic E-state index is 0.0533. The normalized spacial score (nSPS) is 21.9. The number of benzene rings is 1. The first kappa shape index (κ1) is 20.0. The minimum atomic E-state index is -1.31. The van der Waals surface area contributed by atoms with Crippen molar-refractivity contribution in [3.05, 3.63) is 64.6 Å². The molecule has 1 aliphatic heterocycles. The Morgan fingerprint density at radius 2 is 2.03 bits per heavy atom. The van der Waals surface area contributed by atoms with Crippen LogP contribution in [-0.4, -0.2) is 34.7 Å². The van der Waals surface area contributed by atoms with Gasteiger partial charge in [-0.05, 0) is 86.6 Å². The van der Waals surface area contributed by atoms with Crippen LogP contribution >= 0.6 is 0 Å². The highest BCUT2D eigenvalue weighted by Gasteiger charge is 2.41. The van der Waals surface area contributed by atoms with Crippen LogP contribution in [-0.2, 0) is 6.42 Å². The molecule has 4 rings (SSSR count). The van der Waals surface area contributed by atoms with Crippen LogP contribution in [0.5, 0.6) is 0 Å². The number of pyridine rings is 1. The zero-order valence-electron chi connectivity index (χ0n) is 17.6. The third-order valence-corrected chi connectivity index (χ3v) is 5.91. The maximum absolute atomic E-state index is 14.7. The summed E-state index contributed by atoms with van der Waals surface area (Å²) in [5, 5.41) is 3.22. The van der Waals surface area contributed by atoms with Gasteiger partial charge in [-0.2, -0.15) is 0 Å². The Morgan fingerprint density at radius 3 is 2.69 bits per heavy atom. The smallest absolute Gasteiger partial charge is 0.125 e. The van der Waals surface area contributed by atoms with E-state index in [4.69, 9.17) is 0 Å². The number of fused-ring (bicyclic) bond motifs is 2. The fourth-order valence-electron chi connectivity index (χ4n) is 4.78. The summed E-state index contributed by atoms with van der Waals surface area (Å²) in [7, 11) is 0. The van der Waals surface area contributed by atoms with Gasteiger partial charge in [-0.15, -0.1) is 0 Å². The van der Waals surface area contributed by atoms with Crippen molar-refractivity contribution in [3.8, 4) is 0 Å².